The molecule has 1 aromatic carbocycles. The first-order valence-electron chi connectivity index (χ1n) is 4.75. The number of rotatable bonds is 4. The van der Waals surface area contributed by atoms with Gasteiger partial charge >= 0.3 is 0 Å². The van der Waals surface area contributed by atoms with Crippen molar-refractivity contribution in [1.29, 1.82) is 0 Å². The standard InChI is InChI=1S/C10H11BrClNO3S/c1-3-8(14)6-4-5-7(12)10(9(6)11)13-17(2,15)16/h4-5,13H,3H2,1-2H3. The first-order chi connectivity index (χ1) is 7.76. The molecule has 0 aliphatic heterocycles. The molecule has 0 aliphatic rings. The molecule has 7 heteroatoms. The van der Waals surface area contributed by atoms with Crippen LogP contribution >= 0.6 is 27.5 Å². The van der Waals surface area contributed by atoms with Crippen molar-refractivity contribution in [3.8, 4) is 0 Å². The summed E-state index contributed by atoms with van der Waals surface area (Å²) in [6.45, 7) is 1.73. The van der Waals surface area contributed by atoms with E-state index in [0.717, 1.165) is 6.26 Å². The molecule has 0 spiro atoms. The van der Waals surface area contributed by atoms with E-state index in [1.54, 1.807) is 13.0 Å². The van der Waals surface area contributed by atoms with Crippen LogP contribution in [0.2, 0.25) is 5.02 Å². The van der Waals surface area contributed by atoms with Crippen LogP contribution in [0, 0.1) is 0 Å². The van der Waals surface area contributed by atoms with Crippen LogP contribution in [0.1, 0.15) is 23.7 Å². The van der Waals surface area contributed by atoms with Gasteiger partial charge in [0.15, 0.2) is 5.78 Å². The van der Waals surface area contributed by atoms with Crippen molar-refractivity contribution < 1.29 is 13.2 Å². The fourth-order valence-corrected chi connectivity index (χ4v) is 2.99. The van der Waals surface area contributed by atoms with E-state index < -0.39 is 10.0 Å². The fourth-order valence-electron chi connectivity index (χ4n) is 1.24. The van der Waals surface area contributed by atoms with Gasteiger partial charge in [-0.2, -0.15) is 0 Å². The smallest absolute Gasteiger partial charge is 0.229 e. The number of anilines is 1. The summed E-state index contributed by atoms with van der Waals surface area (Å²) in [5.74, 6) is -0.0925. The molecule has 0 amide bonds. The Balaban J connectivity index is 3.35. The zero-order chi connectivity index (χ0) is 13.2. The number of hydrogen-bond donors (Lipinski definition) is 1. The third-order valence-corrected chi connectivity index (χ3v) is 3.71. The first-order valence-corrected chi connectivity index (χ1v) is 7.81. The van der Waals surface area contributed by atoms with Gasteiger partial charge in [-0.05, 0) is 28.1 Å². The normalized spacial score (nSPS) is 11.3. The molecule has 4 nitrogen and oxygen atoms in total. The molecule has 0 saturated carbocycles. The second-order valence-corrected chi connectivity index (χ2v) is 6.38. The minimum Gasteiger partial charge on any atom is -0.294 e. The van der Waals surface area contributed by atoms with Crippen molar-refractivity contribution in [2.75, 3.05) is 11.0 Å². The lowest BCUT2D eigenvalue weighted by atomic mass is 10.1. The molecule has 0 atom stereocenters. The highest BCUT2D eigenvalue weighted by atomic mass is 79.9. The molecule has 94 valence electrons. The van der Waals surface area contributed by atoms with Gasteiger partial charge in [-0.15, -0.1) is 0 Å². The van der Waals surface area contributed by atoms with Gasteiger partial charge in [0.1, 0.15) is 0 Å². The van der Waals surface area contributed by atoms with Gasteiger partial charge in [-0.1, -0.05) is 18.5 Å². The average Bonchev–Trinajstić information content (AvgIpc) is 2.22. The molecule has 1 N–H and O–H groups in total. The molecule has 1 rings (SSSR count). The van der Waals surface area contributed by atoms with Gasteiger partial charge < -0.3 is 0 Å². The van der Waals surface area contributed by atoms with Gasteiger partial charge in [-0.3, -0.25) is 9.52 Å². The van der Waals surface area contributed by atoms with Crippen LogP contribution in [-0.4, -0.2) is 20.5 Å². The summed E-state index contributed by atoms with van der Waals surface area (Å²) in [6.07, 6.45) is 1.35. The third-order valence-electron chi connectivity index (χ3n) is 2.00. The topological polar surface area (TPSA) is 63.2 Å². The van der Waals surface area contributed by atoms with Gasteiger partial charge in [0, 0.05) is 12.0 Å². The summed E-state index contributed by atoms with van der Waals surface area (Å²) in [5.41, 5.74) is 0.594. The summed E-state index contributed by atoms with van der Waals surface area (Å²) in [4.78, 5) is 11.6. The van der Waals surface area contributed by atoms with E-state index in [4.69, 9.17) is 11.6 Å². The second kappa shape index (κ2) is 5.37. The van der Waals surface area contributed by atoms with E-state index in [0.29, 0.717) is 16.5 Å². The molecule has 0 radical (unpaired) electrons. The molecule has 1 aromatic rings. The highest BCUT2D eigenvalue weighted by Crippen LogP contribution is 2.34. The van der Waals surface area contributed by atoms with Crippen LogP contribution in [0.4, 0.5) is 5.69 Å². The maximum Gasteiger partial charge on any atom is 0.229 e. The highest BCUT2D eigenvalue weighted by Gasteiger charge is 2.16. The summed E-state index contributed by atoms with van der Waals surface area (Å²) >= 11 is 9.08. The maximum absolute atomic E-state index is 11.6. The molecule has 17 heavy (non-hydrogen) atoms. The Morgan fingerprint density at radius 2 is 2.06 bits per heavy atom. The molecule has 0 saturated heterocycles. The Bertz CT molecular complexity index is 557. The first kappa shape index (κ1) is 14.5. The van der Waals surface area contributed by atoms with Crippen LogP contribution < -0.4 is 4.72 Å². The summed E-state index contributed by atoms with van der Waals surface area (Å²) in [6, 6.07) is 3.05. The number of nitrogens with one attached hydrogen (secondary N) is 1. The van der Waals surface area contributed by atoms with Crippen LogP contribution in [0.5, 0.6) is 0 Å². The second-order valence-electron chi connectivity index (χ2n) is 3.43. The lowest BCUT2D eigenvalue weighted by Crippen LogP contribution is -2.12. The van der Waals surface area contributed by atoms with E-state index in [-0.39, 0.29) is 16.5 Å². The predicted octanol–water partition coefficient (Wildman–Crippen LogP) is 3.07. The van der Waals surface area contributed by atoms with Crippen LogP contribution in [0.3, 0.4) is 0 Å². The van der Waals surface area contributed by atoms with Gasteiger partial charge in [0.2, 0.25) is 10.0 Å². The Morgan fingerprint density at radius 1 is 1.47 bits per heavy atom. The van der Waals surface area contributed by atoms with Gasteiger partial charge in [0.25, 0.3) is 0 Å². The van der Waals surface area contributed by atoms with Crippen molar-refractivity contribution in [2.45, 2.75) is 13.3 Å². The molecular weight excluding hydrogens is 330 g/mol. The minimum absolute atomic E-state index is 0.0925. The summed E-state index contributed by atoms with van der Waals surface area (Å²) < 4.78 is 25.0. The maximum atomic E-state index is 11.6. The van der Waals surface area contributed by atoms with Crippen LogP contribution in [0.15, 0.2) is 16.6 Å². The van der Waals surface area contributed by atoms with E-state index in [2.05, 4.69) is 20.7 Å². The Morgan fingerprint density at radius 3 is 2.53 bits per heavy atom. The van der Waals surface area contributed by atoms with Gasteiger partial charge in [0.05, 0.1) is 21.4 Å². The lowest BCUT2D eigenvalue weighted by Gasteiger charge is -2.11. The largest absolute Gasteiger partial charge is 0.294 e. The summed E-state index contributed by atoms with van der Waals surface area (Å²) in [5, 5.41) is 0.231. The molecule has 0 bridgehead atoms. The molecule has 0 heterocycles. The van der Waals surface area contributed by atoms with E-state index in [1.165, 1.54) is 6.07 Å². The fraction of sp³-hybridized carbons (Fsp3) is 0.300. The quantitative estimate of drug-likeness (QED) is 0.857. The SMILES string of the molecule is CCC(=O)c1ccc(Cl)c(NS(C)(=O)=O)c1Br. The number of benzene rings is 1. The molecule has 0 aromatic heterocycles. The molecule has 0 aliphatic carbocycles. The monoisotopic (exact) mass is 339 g/mol. The number of halogens is 2. The lowest BCUT2D eigenvalue weighted by molar-refractivity contribution is 0.0987. The predicted molar refractivity (Wildman–Crippen MR) is 72.2 cm³/mol. The van der Waals surface area contributed by atoms with E-state index in [9.17, 15) is 13.2 Å². The number of carbonyl (C=O) groups is 1. The van der Waals surface area contributed by atoms with E-state index >= 15 is 0 Å². The molecular formula is C10H11BrClNO3S. The number of sulfonamides is 1. The Kier molecular flexibility index (Phi) is 4.57. The number of ketones is 1. The average molecular weight is 341 g/mol. The van der Waals surface area contributed by atoms with E-state index in [1.807, 2.05) is 0 Å². The molecule has 0 unspecified atom stereocenters. The van der Waals surface area contributed by atoms with Crippen molar-refractivity contribution >= 4 is 49.0 Å². The number of carbonyl (C=O) groups excluding carboxylic acids is 1. The van der Waals surface area contributed by atoms with Crippen molar-refractivity contribution in [3.05, 3.63) is 27.2 Å². The molecule has 0 fully saturated rings. The minimum atomic E-state index is -3.45. The highest BCUT2D eigenvalue weighted by molar-refractivity contribution is 9.10. The van der Waals surface area contributed by atoms with Crippen molar-refractivity contribution in [1.82, 2.24) is 0 Å². The Labute approximate surface area is 114 Å². The summed E-state index contributed by atoms with van der Waals surface area (Å²) in [7, 11) is -3.45. The third kappa shape index (κ3) is 3.69. The van der Waals surface area contributed by atoms with Crippen LogP contribution in [-0.2, 0) is 10.0 Å². The van der Waals surface area contributed by atoms with Crippen LogP contribution in [0.25, 0.3) is 0 Å². The Hall–Kier alpha value is -0.590. The number of hydrogen-bond acceptors (Lipinski definition) is 3. The number of Topliss-reactive ketones (excluding diaryl/α,β-unsaturated/α-hetero) is 1. The van der Waals surface area contributed by atoms with Gasteiger partial charge in [-0.25, -0.2) is 8.42 Å². The van der Waals surface area contributed by atoms with Crippen molar-refractivity contribution in [2.24, 2.45) is 0 Å². The zero-order valence-corrected chi connectivity index (χ0v) is 12.4. The zero-order valence-electron chi connectivity index (χ0n) is 9.25. The van der Waals surface area contributed by atoms with Crippen molar-refractivity contribution in [3.63, 3.8) is 0 Å².